The van der Waals surface area contributed by atoms with Crippen LogP contribution in [0.5, 0.6) is 0 Å². The molecule has 0 spiro atoms. The van der Waals surface area contributed by atoms with Gasteiger partial charge in [-0.05, 0) is 24.5 Å². The molecule has 0 fully saturated rings. The van der Waals surface area contributed by atoms with Crippen LogP contribution in [0.2, 0.25) is 0 Å². The molecule has 0 radical (unpaired) electrons. The molecule has 0 aliphatic rings. The first kappa shape index (κ1) is 9.40. The van der Waals surface area contributed by atoms with E-state index in [1.807, 2.05) is 6.07 Å². The van der Waals surface area contributed by atoms with Gasteiger partial charge in [-0.2, -0.15) is 0 Å². The molecule has 0 saturated heterocycles. The van der Waals surface area contributed by atoms with E-state index in [0.29, 0.717) is 11.8 Å². The van der Waals surface area contributed by atoms with Crippen LogP contribution >= 0.6 is 11.3 Å². The molecule has 2 aromatic heterocycles. The highest BCUT2D eigenvalue weighted by Gasteiger charge is 2.07. The molecule has 74 valence electrons. The molecule has 4 heteroatoms. The van der Waals surface area contributed by atoms with Gasteiger partial charge in [-0.25, -0.2) is 0 Å². The molecular weight excluding hydrogens is 196 g/mol. The van der Waals surface area contributed by atoms with E-state index in [4.69, 9.17) is 4.42 Å². The van der Waals surface area contributed by atoms with Gasteiger partial charge in [-0.3, -0.25) is 0 Å². The fourth-order valence-corrected chi connectivity index (χ4v) is 2.43. The number of nitrogens with zero attached hydrogens (tertiary/aromatic N) is 2. The van der Waals surface area contributed by atoms with Gasteiger partial charge in [0, 0.05) is 4.88 Å². The molecule has 0 aliphatic heterocycles. The van der Waals surface area contributed by atoms with Gasteiger partial charge in [0.2, 0.25) is 6.39 Å². The second-order valence-electron chi connectivity index (χ2n) is 3.61. The average Bonchev–Trinajstić information content (AvgIpc) is 2.69. The van der Waals surface area contributed by atoms with Crippen molar-refractivity contribution in [3.05, 3.63) is 23.4 Å². The predicted molar refractivity (Wildman–Crippen MR) is 56.2 cm³/mol. The van der Waals surface area contributed by atoms with Gasteiger partial charge in [-0.15, -0.1) is 21.5 Å². The van der Waals surface area contributed by atoms with Crippen LogP contribution in [0.4, 0.5) is 0 Å². The zero-order valence-corrected chi connectivity index (χ0v) is 9.04. The summed E-state index contributed by atoms with van der Waals surface area (Å²) in [4.78, 5) is 2.42. The number of rotatable bonds is 3. The van der Waals surface area contributed by atoms with Gasteiger partial charge >= 0.3 is 0 Å². The molecule has 0 N–H and O–H groups in total. The third kappa shape index (κ3) is 2.01. The lowest BCUT2D eigenvalue weighted by Crippen LogP contribution is -1.89. The average molecular weight is 208 g/mol. The fourth-order valence-electron chi connectivity index (χ4n) is 1.29. The largest absolute Gasteiger partial charge is 0.423 e. The van der Waals surface area contributed by atoms with Gasteiger partial charge in [0.25, 0.3) is 5.89 Å². The van der Waals surface area contributed by atoms with E-state index >= 15 is 0 Å². The zero-order chi connectivity index (χ0) is 9.97. The Balaban J connectivity index is 2.18. The fraction of sp³-hybridized carbons (Fsp3) is 0.400. The second kappa shape index (κ2) is 3.92. The molecule has 0 aromatic carbocycles. The summed E-state index contributed by atoms with van der Waals surface area (Å²) in [7, 11) is 0. The van der Waals surface area contributed by atoms with Crippen LogP contribution in [0.15, 0.2) is 22.9 Å². The Morgan fingerprint density at radius 1 is 1.43 bits per heavy atom. The molecule has 0 amide bonds. The van der Waals surface area contributed by atoms with E-state index in [9.17, 15) is 0 Å². The highest BCUT2D eigenvalue weighted by molar-refractivity contribution is 7.15. The summed E-state index contributed by atoms with van der Waals surface area (Å²) in [5.74, 6) is 1.30. The molecular formula is C10H12N2OS. The van der Waals surface area contributed by atoms with E-state index in [2.05, 4.69) is 30.1 Å². The Morgan fingerprint density at radius 3 is 2.93 bits per heavy atom. The van der Waals surface area contributed by atoms with E-state index < -0.39 is 0 Å². The summed E-state index contributed by atoms with van der Waals surface area (Å²) in [5, 5.41) is 7.53. The molecule has 0 bridgehead atoms. The van der Waals surface area contributed by atoms with Crippen molar-refractivity contribution in [2.24, 2.45) is 5.92 Å². The summed E-state index contributed by atoms with van der Waals surface area (Å²) in [6.45, 7) is 4.43. The molecule has 0 atom stereocenters. The number of aromatic nitrogens is 2. The Labute approximate surface area is 86.8 Å². The first-order valence-electron chi connectivity index (χ1n) is 4.61. The Morgan fingerprint density at radius 2 is 2.29 bits per heavy atom. The van der Waals surface area contributed by atoms with E-state index in [1.54, 1.807) is 11.3 Å². The lowest BCUT2D eigenvalue weighted by Gasteiger charge is -1.99. The van der Waals surface area contributed by atoms with Crippen molar-refractivity contribution in [2.75, 3.05) is 0 Å². The maximum absolute atomic E-state index is 5.13. The maximum atomic E-state index is 5.13. The monoisotopic (exact) mass is 208 g/mol. The maximum Gasteiger partial charge on any atom is 0.257 e. The summed E-state index contributed by atoms with van der Waals surface area (Å²) in [6.07, 6.45) is 2.47. The van der Waals surface area contributed by atoms with Crippen LogP contribution < -0.4 is 0 Å². The van der Waals surface area contributed by atoms with Crippen molar-refractivity contribution < 1.29 is 4.42 Å². The quantitative estimate of drug-likeness (QED) is 0.778. The van der Waals surface area contributed by atoms with E-state index in [0.717, 1.165) is 11.3 Å². The van der Waals surface area contributed by atoms with Gasteiger partial charge in [0.05, 0.1) is 4.88 Å². The molecule has 2 aromatic rings. The molecule has 0 aliphatic carbocycles. The molecule has 2 rings (SSSR count). The topological polar surface area (TPSA) is 38.9 Å². The van der Waals surface area contributed by atoms with E-state index in [1.165, 1.54) is 11.3 Å². The third-order valence-corrected chi connectivity index (χ3v) is 2.94. The lowest BCUT2D eigenvalue weighted by molar-refractivity contribution is 0.570. The van der Waals surface area contributed by atoms with Crippen molar-refractivity contribution in [2.45, 2.75) is 20.3 Å². The molecule has 0 unspecified atom stereocenters. The highest BCUT2D eigenvalue weighted by Crippen LogP contribution is 2.27. The third-order valence-electron chi connectivity index (χ3n) is 1.84. The van der Waals surface area contributed by atoms with Gasteiger partial charge in [0.1, 0.15) is 0 Å². The van der Waals surface area contributed by atoms with Crippen molar-refractivity contribution in [1.82, 2.24) is 10.2 Å². The summed E-state index contributed by atoms with van der Waals surface area (Å²) < 4.78 is 5.13. The van der Waals surface area contributed by atoms with Crippen LogP contribution in [0.3, 0.4) is 0 Å². The molecule has 2 heterocycles. The molecule has 0 saturated carbocycles. The lowest BCUT2D eigenvalue weighted by atomic mass is 10.1. The smallest absolute Gasteiger partial charge is 0.257 e. The van der Waals surface area contributed by atoms with Crippen LogP contribution in [-0.4, -0.2) is 10.2 Å². The minimum Gasteiger partial charge on any atom is -0.423 e. The number of hydrogen-bond donors (Lipinski definition) is 0. The van der Waals surface area contributed by atoms with Crippen LogP contribution in [0.25, 0.3) is 10.8 Å². The standard InChI is InChI=1S/C10H12N2OS/c1-7(2)5-8-3-4-9(14-8)10-12-11-6-13-10/h3-4,6-7H,5H2,1-2H3. The van der Waals surface area contributed by atoms with Crippen LogP contribution in [0, 0.1) is 5.92 Å². The Bertz CT molecular complexity index is 392. The van der Waals surface area contributed by atoms with Gasteiger partial charge in [0.15, 0.2) is 0 Å². The van der Waals surface area contributed by atoms with Crippen LogP contribution in [-0.2, 0) is 6.42 Å². The van der Waals surface area contributed by atoms with Gasteiger partial charge in [-0.1, -0.05) is 13.8 Å². The van der Waals surface area contributed by atoms with Gasteiger partial charge < -0.3 is 4.42 Å². The van der Waals surface area contributed by atoms with Crippen molar-refractivity contribution >= 4 is 11.3 Å². The van der Waals surface area contributed by atoms with Crippen molar-refractivity contribution in [1.29, 1.82) is 0 Å². The van der Waals surface area contributed by atoms with Crippen LogP contribution in [0.1, 0.15) is 18.7 Å². The number of thiophene rings is 1. The SMILES string of the molecule is CC(C)Cc1ccc(-c2nnco2)s1. The van der Waals surface area contributed by atoms with E-state index in [-0.39, 0.29) is 0 Å². The molecule has 3 nitrogen and oxygen atoms in total. The van der Waals surface area contributed by atoms with Crippen molar-refractivity contribution in [3.8, 4) is 10.8 Å². The van der Waals surface area contributed by atoms with Crippen molar-refractivity contribution in [3.63, 3.8) is 0 Å². The Hall–Kier alpha value is -1.16. The first-order chi connectivity index (χ1) is 6.75. The highest BCUT2D eigenvalue weighted by atomic mass is 32.1. The second-order valence-corrected chi connectivity index (χ2v) is 4.78. The minimum atomic E-state index is 0.616. The predicted octanol–water partition coefficient (Wildman–Crippen LogP) is 3.00. The summed E-state index contributed by atoms with van der Waals surface area (Å²) in [6, 6.07) is 4.17. The Kier molecular flexibility index (Phi) is 2.63. The summed E-state index contributed by atoms with van der Waals surface area (Å²) in [5.41, 5.74) is 0. The zero-order valence-electron chi connectivity index (χ0n) is 8.23. The normalized spacial score (nSPS) is 11.1. The number of hydrogen-bond acceptors (Lipinski definition) is 4. The molecule has 14 heavy (non-hydrogen) atoms. The first-order valence-corrected chi connectivity index (χ1v) is 5.42. The summed E-state index contributed by atoms with van der Waals surface area (Å²) >= 11 is 1.72. The minimum absolute atomic E-state index is 0.616.